The van der Waals surface area contributed by atoms with Crippen molar-refractivity contribution in [2.24, 2.45) is 5.73 Å². The van der Waals surface area contributed by atoms with Crippen molar-refractivity contribution in [3.63, 3.8) is 0 Å². The van der Waals surface area contributed by atoms with Gasteiger partial charge in [-0.2, -0.15) is 0 Å². The number of nitrogens with zero attached hydrogens (tertiary/aromatic N) is 1. The second-order valence-electron chi connectivity index (χ2n) is 5.46. The summed E-state index contributed by atoms with van der Waals surface area (Å²) in [6.07, 6.45) is 4.04. The second-order valence-corrected chi connectivity index (χ2v) is 5.46. The largest absolute Gasteiger partial charge is 0.376 e. The van der Waals surface area contributed by atoms with Crippen LogP contribution in [0.15, 0.2) is 24.3 Å². The Bertz CT molecular complexity index is 425. The summed E-state index contributed by atoms with van der Waals surface area (Å²) in [4.78, 5) is 14.0. The van der Waals surface area contributed by atoms with E-state index in [1.54, 1.807) is 4.90 Å². The number of benzene rings is 1. The van der Waals surface area contributed by atoms with Crippen LogP contribution in [-0.4, -0.2) is 37.1 Å². The molecule has 0 saturated carbocycles. The summed E-state index contributed by atoms with van der Waals surface area (Å²) < 4.78 is 5.67. The molecule has 1 fully saturated rings. The fraction of sp³-hybridized carbons (Fsp3) is 0.562. The van der Waals surface area contributed by atoms with E-state index in [0.717, 1.165) is 30.6 Å². The highest BCUT2D eigenvalue weighted by Crippen LogP contribution is 2.14. The van der Waals surface area contributed by atoms with E-state index in [-0.39, 0.29) is 12.0 Å². The number of nitrogens with two attached hydrogens (primary N) is 1. The van der Waals surface area contributed by atoms with Crippen LogP contribution in [0, 0.1) is 0 Å². The van der Waals surface area contributed by atoms with Crippen LogP contribution < -0.4 is 5.73 Å². The Morgan fingerprint density at radius 1 is 1.30 bits per heavy atom. The highest BCUT2D eigenvalue weighted by Gasteiger charge is 2.18. The molecule has 4 heteroatoms. The van der Waals surface area contributed by atoms with Crippen LogP contribution >= 0.6 is 0 Å². The molecule has 2 rings (SSSR count). The summed E-state index contributed by atoms with van der Waals surface area (Å²) in [5, 5.41) is 0. The zero-order valence-electron chi connectivity index (χ0n) is 12.2. The van der Waals surface area contributed by atoms with Crippen molar-refractivity contribution < 1.29 is 9.53 Å². The number of carbonyl (C=O) groups is 1. The maximum Gasteiger partial charge on any atom is 0.226 e. The van der Waals surface area contributed by atoms with E-state index in [1.807, 2.05) is 31.3 Å². The van der Waals surface area contributed by atoms with Gasteiger partial charge in [0, 0.05) is 26.7 Å². The van der Waals surface area contributed by atoms with Crippen molar-refractivity contribution in [3.05, 3.63) is 35.4 Å². The molecular formula is C16H24N2O2. The summed E-state index contributed by atoms with van der Waals surface area (Å²) in [7, 11) is 1.86. The molecule has 0 radical (unpaired) electrons. The van der Waals surface area contributed by atoms with Gasteiger partial charge in [0.15, 0.2) is 0 Å². The van der Waals surface area contributed by atoms with E-state index >= 15 is 0 Å². The third kappa shape index (κ3) is 4.32. The third-order valence-electron chi connectivity index (χ3n) is 3.79. The van der Waals surface area contributed by atoms with E-state index < -0.39 is 0 Å². The number of rotatable bonds is 5. The number of likely N-dealkylation sites (N-methyl/N-ethyl adjacent to an activating group) is 1. The average molecular weight is 276 g/mol. The number of hydrogen-bond donors (Lipinski definition) is 1. The molecule has 2 N–H and O–H groups in total. The Balaban J connectivity index is 1.83. The van der Waals surface area contributed by atoms with Gasteiger partial charge in [-0.15, -0.1) is 0 Å². The van der Waals surface area contributed by atoms with Gasteiger partial charge in [0.1, 0.15) is 0 Å². The van der Waals surface area contributed by atoms with Crippen molar-refractivity contribution in [1.82, 2.24) is 4.90 Å². The summed E-state index contributed by atoms with van der Waals surface area (Å²) in [5.41, 5.74) is 7.68. The lowest BCUT2D eigenvalue weighted by Gasteiger charge is -2.27. The topological polar surface area (TPSA) is 55.6 Å². The van der Waals surface area contributed by atoms with Crippen LogP contribution in [0.5, 0.6) is 0 Å². The maximum atomic E-state index is 12.2. The first kappa shape index (κ1) is 15.0. The van der Waals surface area contributed by atoms with Crippen LogP contribution in [0.2, 0.25) is 0 Å². The quantitative estimate of drug-likeness (QED) is 0.891. The molecule has 1 heterocycles. The molecule has 20 heavy (non-hydrogen) atoms. The molecule has 110 valence electrons. The second kappa shape index (κ2) is 7.41. The van der Waals surface area contributed by atoms with E-state index in [9.17, 15) is 4.79 Å². The van der Waals surface area contributed by atoms with Gasteiger partial charge in [-0.25, -0.2) is 0 Å². The monoisotopic (exact) mass is 276 g/mol. The van der Waals surface area contributed by atoms with Crippen molar-refractivity contribution >= 4 is 5.91 Å². The Labute approximate surface area is 120 Å². The van der Waals surface area contributed by atoms with Crippen LogP contribution in [0.3, 0.4) is 0 Å². The minimum Gasteiger partial charge on any atom is -0.376 e. The van der Waals surface area contributed by atoms with Crippen LogP contribution in [0.25, 0.3) is 0 Å². The Kier molecular flexibility index (Phi) is 5.56. The summed E-state index contributed by atoms with van der Waals surface area (Å²) in [5.74, 6) is 0.139. The molecule has 1 saturated heterocycles. The van der Waals surface area contributed by atoms with Crippen molar-refractivity contribution in [2.75, 3.05) is 20.2 Å². The zero-order chi connectivity index (χ0) is 14.4. The summed E-state index contributed by atoms with van der Waals surface area (Å²) in [6.45, 7) is 2.06. The predicted molar refractivity (Wildman–Crippen MR) is 79.3 cm³/mol. The Morgan fingerprint density at radius 2 is 2.00 bits per heavy atom. The van der Waals surface area contributed by atoms with Crippen LogP contribution in [0.4, 0.5) is 0 Å². The number of ether oxygens (including phenoxy) is 1. The fourth-order valence-corrected chi connectivity index (χ4v) is 2.46. The first-order valence-corrected chi connectivity index (χ1v) is 7.32. The van der Waals surface area contributed by atoms with Crippen LogP contribution in [0.1, 0.15) is 30.4 Å². The maximum absolute atomic E-state index is 12.2. The van der Waals surface area contributed by atoms with Crippen molar-refractivity contribution in [2.45, 2.75) is 38.3 Å². The molecule has 1 aromatic rings. The number of carbonyl (C=O) groups excluding carboxylic acids is 1. The molecule has 1 atom stereocenters. The lowest BCUT2D eigenvalue weighted by atomic mass is 10.1. The standard InChI is InChI=1S/C16H24N2O2/c1-18(12-15-4-2-3-9-20-15)16(19)10-13-5-7-14(11-17)8-6-13/h5-8,15H,2-4,9-12,17H2,1H3. The van der Waals surface area contributed by atoms with Gasteiger partial charge >= 0.3 is 0 Å². The molecule has 1 aliphatic rings. The van der Waals surface area contributed by atoms with Crippen molar-refractivity contribution in [1.29, 1.82) is 0 Å². The predicted octanol–water partition coefficient (Wildman–Crippen LogP) is 1.72. The van der Waals surface area contributed by atoms with Gasteiger partial charge in [0.2, 0.25) is 5.91 Å². The first-order valence-electron chi connectivity index (χ1n) is 7.32. The normalized spacial score (nSPS) is 18.8. The first-order chi connectivity index (χ1) is 9.69. The molecule has 0 aliphatic carbocycles. The molecule has 0 spiro atoms. The molecule has 1 aromatic carbocycles. The van der Waals surface area contributed by atoms with Gasteiger partial charge < -0.3 is 15.4 Å². The molecule has 1 amide bonds. The molecule has 1 unspecified atom stereocenters. The molecule has 0 bridgehead atoms. The lowest BCUT2D eigenvalue weighted by molar-refractivity contribution is -0.131. The minimum absolute atomic E-state index is 0.139. The molecule has 0 aromatic heterocycles. The fourth-order valence-electron chi connectivity index (χ4n) is 2.46. The number of amides is 1. The Hall–Kier alpha value is -1.39. The summed E-state index contributed by atoms with van der Waals surface area (Å²) >= 11 is 0. The summed E-state index contributed by atoms with van der Waals surface area (Å²) in [6, 6.07) is 7.91. The van der Waals surface area contributed by atoms with Crippen LogP contribution in [-0.2, 0) is 22.5 Å². The molecular weight excluding hydrogens is 252 g/mol. The van der Waals surface area contributed by atoms with Gasteiger partial charge in [-0.05, 0) is 30.4 Å². The molecule has 1 aliphatic heterocycles. The van der Waals surface area contributed by atoms with Gasteiger partial charge in [0.25, 0.3) is 0 Å². The number of hydrogen-bond acceptors (Lipinski definition) is 3. The van der Waals surface area contributed by atoms with Gasteiger partial charge in [-0.3, -0.25) is 4.79 Å². The van der Waals surface area contributed by atoms with E-state index in [4.69, 9.17) is 10.5 Å². The van der Waals surface area contributed by atoms with Gasteiger partial charge in [0.05, 0.1) is 12.5 Å². The lowest BCUT2D eigenvalue weighted by Crippen LogP contribution is -2.37. The van der Waals surface area contributed by atoms with Gasteiger partial charge in [-0.1, -0.05) is 24.3 Å². The Morgan fingerprint density at radius 3 is 2.60 bits per heavy atom. The highest BCUT2D eigenvalue weighted by molar-refractivity contribution is 5.78. The highest BCUT2D eigenvalue weighted by atomic mass is 16.5. The SMILES string of the molecule is CN(CC1CCCCO1)C(=O)Cc1ccc(CN)cc1. The van der Waals surface area contributed by atoms with E-state index in [2.05, 4.69) is 0 Å². The smallest absolute Gasteiger partial charge is 0.226 e. The third-order valence-corrected chi connectivity index (χ3v) is 3.79. The average Bonchev–Trinajstić information content (AvgIpc) is 2.49. The van der Waals surface area contributed by atoms with E-state index in [0.29, 0.717) is 19.5 Å². The van der Waals surface area contributed by atoms with E-state index in [1.165, 1.54) is 6.42 Å². The van der Waals surface area contributed by atoms with Crippen molar-refractivity contribution in [3.8, 4) is 0 Å². The molecule has 4 nitrogen and oxygen atoms in total. The minimum atomic E-state index is 0.139. The zero-order valence-corrected chi connectivity index (χ0v) is 12.2.